The van der Waals surface area contributed by atoms with Gasteiger partial charge in [-0.15, -0.1) is 0 Å². The van der Waals surface area contributed by atoms with Gasteiger partial charge in [-0.2, -0.15) is 5.10 Å². The number of H-pyrrole nitrogens is 2. The van der Waals surface area contributed by atoms with Crippen molar-refractivity contribution in [2.24, 2.45) is 0 Å². The van der Waals surface area contributed by atoms with Gasteiger partial charge in [0.15, 0.2) is 17.1 Å². The minimum absolute atomic E-state index is 0.0588. The van der Waals surface area contributed by atoms with Crippen molar-refractivity contribution in [2.45, 2.75) is 13.0 Å². The fourth-order valence-electron chi connectivity index (χ4n) is 5.27. The summed E-state index contributed by atoms with van der Waals surface area (Å²) in [5.41, 5.74) is 6.50. The summed E-state index contributed by atoms with van der Waals surface area (Å²) in [5.74, 6) is -0.251. The van der Waals surface area contributed by atoms with E-state index in [1.165, 1.54) is 12.1 Å². The Morgan fingerprint density at radius 3 is 2.55 bits per heavy atom. The maximum atomic E-state index is 14.6. The van der Waals surface area contributed by atoms with Gasteiger partial charge in [-0.25, -0.2) is 32.5 Å². The number of carbonyl (C=O) groups is 1. The van der Waals surface area contributed by atoms with Crippen molar-refractivity contribution in [1.82, 2.24) is 39.8 Å². The van der Waals surface area contributed by atoms with Gasteiger partial charge in [0, 0.05) is 41.8 Å². The van der Waals surface area contributed by atoms with Crippen LogP contribution in [0.3, 0.4) is 0 Å². The lowest BCUT2D eigenvalue weighted by atomic mass is 10.0. The molecular weight excluding hydrogens is 621 g/mol. The number of benzene rings is 2. The van der Waals surface area contributed by atoms with Crippen LogP contribution in [0.25, 0.3) is 56.0 Å². The van der Waals surface area contributed by atoms with Crippen LogP contribution in [0, 0.1) is 5.82 Å². The van der Waals surface area contributed by atoms with Gasteiger partial charge in [0.2, 0.25) is 15.9 Å². The third-order valence-electron chi connectivity index (χ3n) is 7.40. The van der Waals surface area contributed by atoms with Crippen molar-refractivity contribution >= 4 is 43.8 Å². The quantitative estimate of drug-likeness (QED) is 0.170. The Bertz CT molecular complexity index is 2390. The molecule has 0 atom stereocenters. The van der Waals surface area contributed by atoms with E-state index < -0.39 is 15.8 Å². The Balaban J connectivity index is 1.20. The van der Waals surface area contributed by atoms with Crippen LogP contribution >= 0.6 is 0 Å². The number of aromatic amines is 2. The lowest BCUT2D eigenvalue weighted by molar-refractivity contribution is -0.115. The number of pyridine rings is 3. The highest BCUT2D eigenvalue weighted by Gasteiger charge is 2.18. The highest BCUT2D eigenvalue weighted by atomic mass is 32.2. The fraction of sp³-hybridized carbons (Fsp3) is 0.0909. The first-order chi connectivity index (χ1) is 22.7. The second-order valence-corrected chi connectivity index (χ2v) is 12.8. The van der Waals surface area contributed by atoms with E-state index in [1.54, 1.807) is 36.9 Å². The molecule has 14 heteroatoms. The van der Waals surface area contributed by atoms with Gasteiger partial charge in [0.25, 0.3) is 0 Å². The van der Waals surface area contributed by atoms with Gasteiger partial charge in [-0.05, 0) is 53.1 Å². The third-order valence-corrected chi connectivity index (χ3v) is 8.06. The molecule has 4 N–H and O–H groups in total. The van der Waals surface area contributed by atoms with Gasteiger partial charge < -0.3 is 10.3 Å². The Labute approximate surface area is 267 Å². The molecule has 0 spiro atoms. The van der Waals surface area contributed by atoms with E-state index >= 15 is 0 Å². The van der Waals surface area contributed by atoms with Crippen molar-refractivity contribution in [2.75, 3.05) is 11.6 Å². The summed E-state index contributed by atoms with van der Waals surface area (Å²) in [4.78, 5) is 33.9. The molecule has 0 aliphatic carbocycles. The van der Waals surface area contributed by atoms with E-state index in [-0.39, 0.29) is 18.9 Å². The predicted molar refractivity (Wildman–Crippen MR) is 176 cm³/mol. The number of carbonyl (C=O) groups excluding carboxylic acids is 1. The van der Waals surface area contributed by atoms with E-state index in [1.807, 2.05) is 42.5 Å². The fourth-order valence-corrected chi connectivity index (χ4v) is 5.70. The van der Waals surface area contributed by atoms with Gasteiger partial charge in [0.05, 0.1) is 29.9 Å². The summed E-state index contributed by atoms with van der Waals surface area (Å²) in [5, 5.41) is 11.0. The van der Waals surface area contributed by atoms with Crippen LogP contribution in [-0.2, 0) is 27.8 Å². The van der Waals surface area contributed by atoms with Crippen LogP contribution in [0.15, 0.2) is 91.5 Å². The summed E-state index contributed by atoms with van der Waals surface area (Å²) >= 11 is 0. The molecule has 2 aromatic carbocycles. The lowest BCUT2D eigenvalue weighted by Gasteiger charge is -2.08. The third kappa shape index (κ3) is 6.59. The molecular formula is C33H26FN9O3S. The maximum Gasteiger partial charge on any atom is 0.228 e. The molecule has 0 saturated carbocycles. The molecule has 5 aromatic heterocycles. The zero-order chi connectivity index (χ0) is 32.5. The molecule has 0 aliphatic heterocycles. The average molecular weight is 648 g/mol. The molecule has 0 saturated heterocycles. The Hall–Kier alpha value is -5.86. The SMILES string of the molecule is CS(=O)(=O)NCc1cc(F)cc(-c2ccnc3[nH]c(-c4n[nH]c5ncc(-c6cncc(NC(=O)Cc7ccccc7)c6)cc45)nc23)c1. The first kappa shape index (κ1) is 29.8. The molecule has 0 fully saturated rings. The number of nitrogens with one attached hydrogen (secondary N) is 4. The molecule has 0 unspecified atom stereocenters. The summed E-state index contributed by atoms with van der Waals surface area (Å²) in [6, 6.07) is 19.3. The molecule has 7 rings (SSSR count). The van der Waals surface area contributed by atoms with Crippen LogP contribution in [0.2, 0.25) is 0 Å². The Kier molecular flexibility index (Phi) is 7.71. The first-order valence-corrected chi connectivity index (χ1v) is 16.3. The highest BCUT2D eigenvalue weighted by molar-refractivity contribution is 7.88. The smallest absolute Gasteiger partial charge is 0.228 e. The Morgan fingerprint density at radius 1 is 0.894 bits per heavy atom. The number of anilines is 1. The minimum Gasteiger partial charge on any atom is -0.324 e. The number of rotatable bonds is 9. The van der Waals surface area contributed by atoms with Gasteiger partial charge in [-0.3, -0.25) is 14.9 Å². The van der Waals surface area contributed by atoms with E-state index in [0.717, 1.165) is 22.9 Å². The number of amides is 1. The zero-order valence-electron chi connectivity index (χ0n) is 24.8. The Morgan fingerprint density at radius 2 is 1.72 bits per heavy atom. The van der Waals surface area contributed by atoms with Gasteiger partial charge in [0.1, 0.15) is 17.0 Å². The van der Waals surface area contributed by atoms with Crippen molar-refractivity contribution in [1.29, 1.82) is 0 Å². The molecule has 12 nitrogen and oxygen atoms in total. The van der Waals surface area contributed by atoms with Gasteiger partial charge in [-0.1, -0.05) is 30.3 Å². The molecule has 0 radical (unpaired) electrons. The number of aromatic nitrogens is 7. The number of sulfonamides is 1. The van der Waals surface area contributed by atoms with Crippen LogP contribution in [0.1, 0.15) is 11.1 Å². The molecule has 0 aliphatic rings. The molecule has 0 bridgehead atoms. The van der Waals surface area contributed by atoms with Crippen molar-refractivity contribution in [3.05, 3.63) is 108 Å². The monoisotopic (exact) mass is 647 g/mol. The number of halogens is 1. The number of hydrogen-bond acceptors (Lipinski definition) is 8. The number of hydrogen-bond donors (Lipinski definition) is 4. The zero-order valence-corrected chi connectivity index (χ0v) is 25.6. The summed E-state index contributed by atoms with van der Waals surface area (Å²) in [6.45, 7) is -0.0588. The van der Waals surface area contributed by atoms with Crippen molar-refractivity contribution in [3.8, 4) is 33.8 Å². The van der Waals surface area contributed by atoms with Crippen LogP contribution in [-0.4, -0.2) is 55.7 Å². The van der Waals surface area contributed by atoms with Crippen molar-refractivity contribution < 1.29 is 17.6 Å². The van der Waals surface area contributed by atoms with Crippen LogP contribution in [0.5, 0.6) is 0 Å². The standard InChI is InChI=1S/C33H26FN9O3S/c1-47(45,46)38-15-20-9-21(12-24(34)10-20)26-7-8-36-32-29(26)40-33(41-32)30-27-14-23(17-37-31(27)43-42-30)22-13-25(18-35-16-22)39-28(44)11-19-5-3-2-4-6-19/h2-10,12-14,16-18,38H,11,15H2,1H3,(H,39,44)(H,36,40,41)(H,37,42,43). The molecule has 1 amide bonds. The van der Waals surface area contributed by atoms with E-state index in [4.69, 9.17) is 4.98 Å². The largest absolute Gasteiger partial charge is 0.324 e. The summed E-state index contributed by atoms with van der Waals surface area (Å²) in [6.07, 6.45) is 7.83. The number of nitrogens with zero attached hydrogens (tertiary/aromatic N) is 5. The van der Waals surface area contributed by atoms with Crippen molar-refractivity contribution in [3.63, 3.8) is 0 Å². The van der Waals surface area contributed by atoms with Crippen LogP contribution < -0.4 is 10.0 Å². The van der Waals surface area contributed by atoms with E-state index in [0.29, 0.717) is 56.1 Å². The number of fused-ring (bicyclic) bond motifs is 2. The van der Waals surface area contributed by atoms with Gasteiger partial charge >= 0.3 is 0 Å². The van der Waals surface area contributed by atoms with E-state index in [9.17, 15) is 17.6 Å². The highest BCUT2D eigenvalue weighted by Crippen LogP contribution is 2.33. The minimum atomic E-state index is -3.46. The number of imidazole rings is 1. The molecule has 47 heavy (non-hydrogen) atoms. The second kappa shape index (κ2) is 12.2. The van der Waals surface area contributed by atoms with E-state index in [2.05, 4.69) is 40.2 Å². The second-order valence-electron chi connectivity index (χ2n) is 10.9. The average Bonchev–Trinajstić information content (AvgIpc) is 3.68. The molecule has 234 valence electrons. The first-order valence-electron chi connectivity index (χ1n) is 14.4. The molecule has 7 aromatic rings. The summed E-state index contributed by atoms with van der Waals surface area (Å²) < 4.78 is 40.2. The topological polar surface area (TPSA) is 171 Å². The maximum absolute atomic E-state index is 14.6. The normalized spacial score (nSPS) is 11.7. The predicted octanol–water partition coefficient (Wildman–Crippen LogP) is 4.99. The molecule has 5 heterocycles. The summed E-state index contributed by atoms with van der Waals surface area (Å²) in [7, 11) is -3.46. The lowest BCUT2D eigenvalue weighted by Crippen LogP contribution is -2.21. The van der Waals surface area contributed by atoms with Crippen LogP contribution in [0.4, 0.5) is 10.1 Å².